The normalized spacial score (nSPS) is 18.4. The van der Waals surface area contributed by atoms with Gasteiger partial charge in [0.25, 0.3) is 0 Å². The predicted molar refractivity (Wildman–Crippen MR) is 120 cm³/mol. The molecule has 1 aromatic heterocycles. The largest absolute Gasteiger partial charge is 0.459 e. The Morgan fingerprint density at radius 2 is 1.79 bits per heavy atom. The molecule has 0 saturated carbocycles. The lowest BCUT2D eigenvalue weighted by Gasteiger charge is -2.37. The van der Waals surface area contributed by atoms with Gasteiger partial charge in [0.2, 0.25) is 6.29 Å². The molecule has 0 saturated heterocycles. The summed E-state index contributed by atoms with van der Waals surface area (Å²) in [5.41, 5.74) is -1.82. The van der Waals surface area contributed by atoms with E-state index in [1.165, 1.54) is 6.26 Å². The number of aromatic nitrogens is 1. The maximum absolute atomic E-state index is 14.1. The van der Waals surface area contributed by atoms with Crippen molar-refractivity contribution in [2.45, 2.75) is 44.8 Å². The minimum atomic E-state index is -4.85. The number of aromatic amines is 1. The molecule has 176 valence electrons. The van der Waals surface area contributed by atoms with Crippen LogP contribution in [0.1, 0.15) is 25.8 Å². The number of rotatable bonds is 8. The van der Waals surface area contributed by atoms with Gasteiger partial charge in [-0.05, 0) is 30.2 Å². The van der Waals surface area contributed by atoms with E-state index >= 15 is 0 Å². The lowest BCUT2D eigenvalue weighted by Crippen LogP contribution is -2.53. The summed E-state index contributed by atoms with van der Waals surface area (Å²) in [5, 5.41) is 14.4. The first-order valence-electron chi connectivity index (χ1n) is 10.7. The monoisotopic (exact) mass is 460 g/mol. The summed E-state index contributed by atoms with van der Waals surface area (Å²) in [6.07, 6.45) is -2.55. The molecule has 2 heterocycles. The minimum Gasteiger partial charge on any atom is -0.459 e. The molecule has 0 aliphatic carbocycles. The quantitative estimate of drug-likeness (QED) is 0.401. The van der Waals surface area contributed by atoms with Gasteiger partial charge in [0, 0.05) is 34.6 Å². The summed E-state index contributed by atoms with van der Waals surface area (Å²) in [4.78, 5) is 3.02. The number of H-pyrrole nitrogens is 1. The highest BCUT2D eigenvalue weighted by Gasteiger charge is 2.56. The molecule has 0 amide bonds. The van der Waals surface area contributed by atoms with Crippen molar-refractivity contribution in [3.63, 3.8) is 0 Å². The zero-order valence-corrected chi connectivity index (χ0v) is 18.4. The maximum atomic E-state index is 14.1. The number of allylic oxidation sites excluding steroid dienone is 1. The Kier molecular flexibility index (Phi) is 6.05. The van der Waals surface area contributed by atoms with E-state index in [2.05, 4.69) is 10.3 Å². The van der Waals surface area contributed by atoms with Crippen molar-refractivity contribution in [1.82, 2.24) is 4.98 Å². The van der Waals surface area contributed by atoms with Gasteiger partial charge in [-0.3, -0.25) is 0 Å². The maximum Gasteiger partial charge on any atom is 0.418 e. The van der Waals surface area contributed by atoms with Crippen LogP contribution >= 0.6 is 0 Å². The summed E-state index contributed by atoms with van der Waals surface area (Å²) in [7, 11) is 0. The van der Waals surface area contributed by atoms with Crippen molar-refractivity contribution in [2.75, 3.05) is 11.9 Å². The van der Waals surface area contributed by atoms with Crippen molar-refractivity contribution in [1.29, 1.82) is 0 Å². The van der Waals surface area contributed by atoms with Gasteiger partial charge in [-0.2, -0.15) is 13.2 Å². The molecule has 1 aliphatic heterocycles. The van der Waals surface area contributed by atoms with Crippen LogP contribution in [0.4, 0.5) is 18.9 Å². The number of fused-ring (bicyclic) bond motifs is 1. The second-order valence-corrected chi connectivity index (χ2v) is 9.04. The number of ether oxygens (including phenoxy) is 2. The first-order valence-corrected chi connectivity index (χ1v) is 10.7. The van der Waals surface area contributed by atoms with E-state index in [0.717, 1.165) is 16.5 Å². The van der Waals surface area contributed by atoms with Crippen LogP contribution in [-0.2, 0) is 15.9 Å². The summed E-state index contributed by atoms with van der Waals surface area (Å²) in [6.45, 7) is 2.51. The standard InChI is InChI=1S/C25H27F3N2O3/c1-23(2,21-14-32-22(33-21)13-17-7-4-3-5-8-17)15-24(31,25(26,27)28)16-30-20-10-6-9-19-18(20)11-12-29-19/h3-12,14,22,29-31H,13,15-16H2,1-2H3. The van der Waals surface area contributed by atoms with Gasteiger partial charge in [-0.15, -0.1) is 0 Å². The van der Waals surface area contributed by atoms with Gasteiger partial charge in [0.05, 0.1) is 6.54 Å². The van der Waals surface area contributed by atoms with Crippen LogP contribution < -0.4 is 5.32 Å². The number of aliphatic hydroxyl groups is 1. The van der Waals surface area contributed by atoms with Gasteiger partial charge in [-0.1, -0.05) is 50.2 Å². The predicted octanol–water partition coefficient (Wildman–Crippen LogP) is 5.75. The molecule has 0 spiro atoms. The fourth-order valence-electron chi connectivity index (χ4n) is 4.11. The second kappa shape index (κ2) is 8.67. The number of alkyl halides is 3. The second-order valence-electron chi connectivity index (χ2n) is 9.04. The third-order valence-electron chi connectivity index (χ3n) is 5.93. The van der Waals surface area contributed by atoms with Crippen molar-refractivity contribution < 1.29 is 27.8 Å². The van der Waals surface area contributed by atoms with Crippen molar-refractivity contribution in [3.05, 3.63) is 78.4 Å². The Morgan fingerprint density at radius 1 is 1.03 bits per heavy atom. The van der Waals surface area contributed by atoms with Gasteiger partial charge in [0.15, 0.2) is 5.60 Å². The minimum absolute atomic E-state index is 0.277. The van der Waals surface area contributed by atoms with Crippen molar-refractivity contribution in [3.8, 4) is 0 Å². The molecule has 0 fully saturated rings. The summed E-state index contributed by atoms with van der Waals surface area (Å²) >= 11 is 0. The average Bonchev–Trinajstić information content (AvgIpc) is 3.42. The SMILES string of the molecule is CC(C)(CC(O)(CNc1cccc2[nH]ccc12)C(F)(F)F)C1=COC(Cc2ccccc2)O1. The highest BCUT2D eigenvalue weighted by atomic mass is 19.4. The number of hydrogen-bond donors (Lipinski definition) is 3. The van der Waals surface area contributed by atoms with Crippen LogP contribution in [0.3, 0.4) is 0 Å². The first kappa shape index (κ1) is 23.0. The van der Waals surface area contributed by atoms with E-state index < -0.39 is 36.4 Å². The zero-order valence-electron chi connectivity index (χ0n) is 18.4. The zero-order chi connectivity index (χ0) is 23.7. The van der Waals surface area contributed by atoms with Crippen molar-refractivity contribution >= 4 is 16.6 Å². The molecule has 3 aromatic rings. The van der Waals surface area contributed by atoms with Gasteiger partial charge in [0.1, 0.15) is 12.0 Å². The Balaban J connectivity index is 1.46. The van der Waals surface area contributed by atoms with E-state index in [1.807, 2.05) is 36.4 Å². The number of anilines is 1. The third-order valence-corrected chi connectivity index (χ3v) is 5.93. The van der Waals surface area contributed by atoms with Gasteiger partial charge < -0.3 is 24.9 Å². The smallest absolute Gasteiger partial charge is 0.418 e. The molecule has 5 nitrogen and oxygen atoms in total. The molecule has 33 heavy (non-hydrogen) atoms. The third kappa shape index (κ3) is 4.95. The lowest BCUT2D eigenvalue weighted by molar-refractivity contribution is -0.263. The van der Waals surface area contributed by atoms with E-state index in [9.17, 15) is 18.3 Å². The molecule has 2 unspecified atom stereocenters. The van der Waals surface area contributed by atoms with E-state index in [1.54, 1.807) is 38.2 Å². The van der Waals surface area contributed by atoms with Gasteiger partial charge in [-0.25, -0.2) is 0 Å². The van der Waals surface area contributed by atoms with Crippen LogP contribution in [0.25, 0.3) is 10.9 Å². The molecular formula is C25H27F3N2O3. The molecular weight excluding hydrogens is 433 g/mol. The van der Waals surface area contributed by atoms with Gasteiger partial charge >= 0.3 is 6.18 Å². The van der Waals surface area contributed by atoms with Crippen LogP contribution in [0.5, 0.6) is 0 Å². The lowest BCUT2D eigenvalue weighted by atomic mass is 9.78. The number of hydrogen-bond acceptors (Lipinski definition) is 4. The molecule has 0 bridgehead atoms. The topological polar surface area (TPSA) is 66.5 Å². The summed E-state index contributed by atoms with van der Waals surface area (Å²) < 4.78 is 53.6. The van der Waals surface area contributed by atoms with Crippen LogP contribution in [0.2, 0.25) is 0 Å². The van der Waals surface area contributed by atoms with E-state index in [-0.39, 0.29) is 5.76 Å². The van der Waals surface area contributed by atoms with Crippen LogP contribution in [-0.4, -0.2) is 34.7 Å². The Bertz CT molecular complexity index is 1120. The highest BCUT2D eigenvalue weighted by molar-refractivity contribution is 5.91. The molecule has 8 heteroatoms. The number of nitrogens with one attached hydrogen (secondary N) is 2. The number of halogens is 3. The summed E-state index contributed by atoms with van der Waals surface area (Å²) in [5.74, 6) is 0.277. The van der Waals surface area contributed by atoms with Crippen molar-refractivity contribution in [2.24, 2.45) is 5.41 Å². The summed E-state index contributed by atoms with van der Waals surface area (Å²) in [6, 6.07) is 16.6. The Hall–Kier alpha value is -3.13. The Morgan fingerprint density at radius 3 is 2.52 bits per heavy atom. The molecule has 4 rings (SSSR count). The molecule has 2 aromatic carbocycles. The highest BCUT2D eigenvalue weighted by Crippen LogP contribution is 2.45. The fraction of sp³-hybridized carbons (Fsp3) is 0.360. The fourth-order valence-corrected chi connectivity index (χ4v) is 4.11. The van der Waals surface area contributed by atoms with Crippen LogP contribution in [0, 0.1) is 5.41 Å². The van der Waals surface area contributed by atoms with Crippen LogP contribution in [0.15, 0.2) is 72.8 Å². The molecule has 0 radical (unpaired) electrons. The Labute approximate surface area is 190 Å². The number of benzene rings is 2. The molecule has 2 atom stereocenters. The molecule has 3 N–H and O–H groups in total. The average molecular weight is 460 g/mol. The van der Waals surface area contributed by atoms with E-state index in [4.69, 9.17) is 9.47 Å². The first-order chi connectivity index (χ1) is 15.6. The molecule has 1 aliphatic rings. The van der Waals surface area contributed by atoms with E-state index in [0.29, 0.717) is 12.1 Å².